The Morgan fingerprint density at radius 3 is 2.52 bits per heavy atom. The van der Waals surface area contributed by atoms with Crippen molar-refractivity contribution in [2.75, 3.05) is 6.61 Å². The van der Waals surface area contributed by atoms with Crippen molar-refractivity contribution in [2.45, 2.75) is 19.8 Å². The molecule has 3 N–H and O–H groups in total. The Bertz CT molecular complexity index is 1210. The summed E-state index contributed by atoms with van der Waals surface area (Å²) in [7, 11) is 0. The fourth-order valence-corrected chi connectivity index (χ4v) is 3.61. The van der Waals surface area contributed by atoms with Gasteiger partial charge in [-0.1, -0.05) is 25.1 Å². The minimum atomic E-state index is -1.22. The molecule has 0 aliphatic heterocycles. The van der Waals surface area contributed by atoms with Gasteiger partial charge >= 0.3 is 5.97 Å². The number of aliphatic carboxylic acids is 1. The van der Waals surface area contributed by atoms with Crippen LogP contribution >= 0.6 is 0 Å². The van der Waals surface area contributed by atoms with Crippen LogP contribution in [-0.2, 0) is 22.4 Å². The molecule has 0 radical (unpaired) electrons. The molecule has 0 bridgehead atoms. The van der Waals surface area contributed by atoms with E-state index < -0.39 is 29.2 Å². The quantitative estimate of drug-likeness (QED) is 0.230. The number of para-hydroxylation sites is 1. The summed E-state index contributed by atoms with van der Waals surface area (Å²) in [6.07, 6.45) is 2.03. The van der Waals surface area contributed by atoms with Crippen molar-refractivity contribution < 1.29 is 29.2 Å². The maximum Gasteiger partial charge on any atom is 0.341 e. The predicted octanol–water partition coefficient (Wildman–Crippen LogP) is 2.13. The molecule has 3 aromatic rings. The van der Waals surface area contributed by atoms with Crippen molar-refractivity contribution in [3.63, 3.8) is 0 Å². The van der Waals surface area contributed by atoms with Crippen LogP contribution in [0.25, 0.3) is 5.52 Å². The molecule has 10 nitrogen and oxygen atoms in total. The number of Topliss-reactive ketones (excluding diaryl/α,β-unsaturated/α-hetero) is 1. The number of amides is 1. The van der Waals surface area contributed by atoms with Crippen LogP contribution in [0.4, 0.5) is 5.69 Å². The van der Waals surface area contributed by atoms with E-state index in [0.717, 1.165) is 0 Å². The minimum absolute atomic E-state index is 0.00423. The Morgan fingerprint density at radius 2 is 1.90 bits per heavy atom. The Labute approximate surface area is 176 Å². The number of ketones is 1. The lowest BCUT2D eigenvalue weighted by Crippen LogP contribution is -2.24. The zero-order chi connectivity index (χ0) is 22.7. The lowest BCUT2D eigenvalue weighted by molar-refractivity contribution is -0.385. The maximum atomic E-state index is 12.7. The summed E-state index contributed by atoms with van der Waals surface area (Å²) >= 11 is 0. The van der Waals surface area contributed by atoms with Crippen molar-refractivity contribution >= 4 is 28.9 Å². The number of hydrogen-bond acceptors (Lipinski definition) is 6. The largest absolute Gasteiger partial charge is 0.480 e. The average molecular weight is 425 g/mol. The lowest BCUT2D eigenvalue weighted by atomic mass is 9.98. The fraction of sp³-hybridized carbons (Fsp3) is 0.190. The van der Waals surface area contributed by atoms with Crippen LogP contribution < -0.4 is 10.5 Å². The van der Waals surface area contributed by atoms with Gasteiger partial charge < -0.3 is 20.0 Å². The summed E-state index contributed by atoms with van der Waals surface area (Å²) in [6.45, 7) is 1.11. The van der Waals surface area contributed by atoms with Gasteiger partial charge in [-0.05, 0) is 24.1 Å². The summed E-state index contributed by atoms with van der Waals surface area (Å²) in [5.41, 5.74) is 6.81. The average Bonchev–Trinajstić information content (AvgIpc) is 3.05. The van der Waals surface area contributed by atoms with Crippen molar-refractivity contribution in [2.24, 2.45) is 5.73 Å². The molecular weight excluding hydrogens is 406 g/mol. The molecule has 31 heavy (non-hydrogen) atoms. The fourth-order valence-electron chi connectivity index (χ4n) is 3.61. The summed E-state index contributed by atoms with van der Waals surface area (Å²) in [5, 5.41) is 20.4. The zero-order valence-electron chi connectivity index (χ0n) is 16.5. The number of nitro benzene ring substituents is 1. The third-order valence-electron chi connectivity index (χ3n) is 4.84. The summed E-state index contributed by atoms with van der Waals surface area (Å²) < 4.78 is 6.93. The van der Waals surface area contributed by atoms with Crippen LogP contribution in [0, 0.1) is 10.1 Å². The molecule has 2 aromatic heterocycles. The number of carboxylic acid groups (broad SMARTS) is 1. The van der Waals surface area contributed by atoms with E-state index in [1.165, 1.54) is 12.1 Å². The van der Waals surface area contributed by atoms with Crippen molar-refractivity contribution in [3.05, 3.63) is 75.1 Å². The van der Waals surface area contributed by atoms with Crippen LogP contribution in [0.3, 0.4) is 0 Å². The van der Waals surface area contributed by atoms with Gasteiger partial charge in [0.1, 0.15) is 5.75 Å². The number of rotatable bonds is 9. The first-order valence-electron chi connectivity index (χ1n) is 9.32. The normalized spacial score (nSPS) is 10.7. The van der Waals surface area contributed by atoms with E-state index in [-0.39, 0.29) is 28.9 Å². The standard InChI is InChI=1S/C21H19N3O7/c1-2-13-15(10-12-6-3-4-7-14(12)24(29)30)23-9-5-8-16(31-11-17(25)26)19(23)18(13)20(27)21(22)28/h3-9H,2,10-11H2,1H3,(H2,22,28)(H,25,26). The second-order valence-corrected chi connectivity index (χ2v) is 6.68. The number of nitrogens with two attached hydrogens (primary N) is 1. The molecule has 0 saturated heterocycles. The number of carboxylic acids is 1. The van der Waals surface area contributed by atoms with Gasteiger partial charge in [0.2, 0.25) is 0 Å². The van der Waals surface area contributed by atoms with Gasteiger partial charge in [0.05, 0.1) is 16.0 Å². The molecule has 0 spiro atoms. The highest BCUT2D eigenvalue weighted by atomic mass is 16.6. The van der Waals surface area contributed by atoms with Crippen LogP contribution in [0.1, 0.15) is 34.1 Å². The summed E-state index contributed by atoms with van der Waals surface area (Å²) in [6, 6.07) is 9.28. The van der Waals surface area contributed by atoms with Crippen LogP contribution in [-0.4, -0.2) is 38.7 Å². The van der Waals surface area contributed by atoms with Gasteiger partial charge in [0, 0.05) is 29.9 Å². The molecule has 3 rings (SSSR count). The Morgan fingerprint density at radius 1 is 1.19 bits per heavy atom. The second-order valence-electron chi connectivity index (χ2n) is 6.68. The molecule has 1 aromatic carbocycles. The van der Waals surface area contributed by atoms with E-state index in [0.29, 0.717) is 23.2 Å². The Balaban J connectivity index is 2.30. The number of nitro groups is 1. The summed E-state index contributed by atoms with van der Waals surface area (Å²) in [4.78, 5) is 46.4. The number of primary amides is 1. The number of carbonyl (C=O) groups is 3. The molecular formula is C21H19N3O7. The smallest absolute Gasteiger partial charge is 0.341 e. The monoisotopic (exact) mass is 425 g/mol. The van der Waals surface area contributed by atoms with Crippen molar-refractivity contribution in [3.8, 4) is 5.75 Å². The van der Waals surface area contributed by atoms with E-state index >= 15 is 0 Å². The van der Waals surface area contributed by atoms with Gasteiger partial charge in [-0.2, -0.15) is 0 Å². The van der Waals surface area contributed by atoms with E-state index in [4.69, 9.17) is 15.6 Å². The van der Waals surface area contributed by atoms with Gasteiger partial charge in [0.25, 0.3) is 17.4 Å². The van der Waals surface area contributed by atoms with E-state index in [2.05, 4.69) is 0 Å². The first-order valence-corrected chi connectivity index (χ1v) is 9.32. The highest BCUT2D eigenvalue weighted by Crippen LogP contribution is 2.34. The molecule has 1 amide bonds. The SMILES string of the molecule is CCc1c(C(=O)C(N)=O)c2c(OCC(=O)O)cccn2c1Cc1ccccc1[N+](=O)[O-]. The van der Waals surface area contributed by atoms with Gasteiger partial charge in [0.15, 0.2) is 6.61 Å². The molecule has 0 aliphatic carbocycles. The minimum Gasteiger partial charge on any atom is -0.480 e. The molecule has 0 saturated carbocycles. The molecule has 0 fully saturated rings. The number of ether oxygens (including phenoxy) is 1. The third-order valence-corrected chi connectivity index (χ3v) is 4.84. The van der Waals surface area contributed by atoms with Crippen LogP contribution in [0.15, 0.2) is 42.6 Å². The van der Waals surface area contributed by atoms with Gasteiger partial charge in [-0.15, -0.1) is 0 Å². The number of benzene rings is 1. The van der Waals surface area contributed by atoms with E-state index in [9.17, 15) is 24.5 Å². The first kappa shape index (κ1) is 21.5. The van der Waals surface area contributed by atoms with Crippen LogP contribution in [0.5, 0.6) is 5.75 Å². The molecule has 160 valence electrons. The van der Waals surface area contributed by atoms with E-state index in [1.54, 1.807) is 41.8 Å². The number of nitrogens with zero attached hydrogens (tertiary/aromatic N) is 2. The molecule has 2 heterocycles. The predicted molar refractivity (Wildman–Crippen MR) is 109 cm³/mol. The summed E-state index contributed by atoms with van der Waals surface area (Å²) in [5.74, 6) is -3.26. The van der Waals surface area contributed by atoms with Crippen LogP contribution in [0.2, 0.25) is 0 Å². The number of aromatic nitrogens is 1. The number of carbonyl (C=O) groups excluding carboxylic acids is 2. The van der Waals surface area contributed by atoms with Gasteiger partial charge in [-0.25, -0.2) is 4.79 Å². The maximum absolute atomic E-state index is 12.7. The van der Waals surface area contributed by atoms with Crippen molar-refractivity contribution in [1.82, 2.24) is 4.40 Å². The molecule has 10 heteroatoms. The number of pyridine rings is 1. The van der Waals surface area contributed by atoms with E-state index in [1.807, 2.05) is 0 Å². The molecule has 0 aliphatic rings. The lowest BCUT2D eigenvalue weighted by Gasteiger charge is -2.09. The highest BCUT2D eigenvalue weighted by Gasteiger charge is 2.28. The van der Waals surface area contributed by atoms with Crippen molar-refractivity contribution in [1.29, 1.82) is 0 Å². The third kappa shape index (κ3) is 4.08. The van der Waals surface area contributed by atoms with Gasteiger partial charge in [-0.3, -0.25) is 19.7 Å². The molecule has 0 atom stereocenters. The number of hydrogen-bond donors (Lipinski definition) is 2. The second kappa shape index (κ2) is 8.66. The highest BCUT2D eigenvalue weighted by molar-refractivity contribution is 6.44. The molecule has 0 unspecified atom stereocenters. The first-order chi connectivity index (χ1) is 14.8. The number of fused-ring (bicyclic) bond motifs is 1. The Hall–Kier alpha value is -4.21. The topological polar surface area (TPSA) is 154 Å². The Kier molecular flexibility index (Phi) is 6.00. The zero-order valence-corrected chi connectivity index (χ0v) is 16.5.